The number of hydrogen-bond acceptors (Lipinski definition) is 3. The number of aromatic nitrogens is 2. The van der Waals surface area contributed by atoms with E-state index >= 15 is 0 Å². The summed E-state index contributed by atoms with van der Waals surface area (Å²) in [6.45, 7) is 3.37. The summed E-state index contributed by atoms with van der Waals surface area (Å²) in [6.07, 6.45) is 1.76. The van der Waals surface area contributed by atoms with Crippen LogP contribution in [0.2, 0.25) is 5.02 Å². The number of carbonyl (C=O) groups excluding carboxylic acids is 1. The number of benzene rings is 2. The fraction of sp³-hybridized carbons (Fsp3) is 0.304. The Morgan fingerprint density at radius 1 is 1.14 bits per heavy atom. The monoisotopic (exact) mass is 409 g/mol. The van der Waals surface area contributed by atoms with Gasteiger partial charge in [0.1, 0.15) is 5.69 Å². The van der Waals surface area contributed by atoms with Gasteiger partial charge in [0.05, 0.1) is 11.7 Å². The van der Waals surface area contributed by atoms with Crippen molar-refractivity contribution in [1.29, 1.82) is 0 Å². The van der Waals surface area contributed by atoms with E-state index in [4.69, 9.17) is 16.3 Å². The number of nitrogens with one attached hydrogen (secondary N) is 1. The average molecular weight is 410 g/mol. The van der Waals surface area contributed by atoms with Gasteiger partial charge in [0.25, 0.3) is 5.91 Å². The first kappa shape index (κ1) is 19.7. The van der Waals surface area contributed by atoms with Gasteiger partial charge in [-0.3, -0.25) is 9.89 Å². The minimum atomic E-state index is -0.176. The standard InChI is InChI=1S/C23H24ClN3O2/c1-3-15-5-7-17(8-6-15)22-19-20(16-9-11-18(24)12-10-16)25-26-21(19)23(28)27(22)13-4-14-29-2/h5-12,22H,3-4,13-14H2,1-2H3,(H,25,26). The highest BCUT2D eigenvalue weighted by Gasteiger charge is 2.41. The predicted molar refractivity (Wildman–Crippen MR) is 114 cm³/mol. The van der Waals surface area contributed by atoms with Crippen LogP contribution in [0, 0.1) is 0 Å². The topological polar surface area (TPSA) is 58.2 Å². The molecule has 0 bridgehead atoms. The van der Waals surface area contributed by atoms with Crippen LogP contribution in [0.25, 0.3) is 11.3 Å². The van der Waals surface area contributed by atoms with Crippen LogP contribution in [-0.4, -0.2) is 41.3 Å². The lowest BCUT2D eigenvalue weighted by Crippen LogP contribution is -2.31. The molecule has 2 aromatic carbocycles. The zero-order valence-corrected chi connectivity index (χ0v) is 17.4. The third-order valence-corrected chi connectivity index (χ3v) is 5.68. The Morgan fingerprint density at radius 2 is 1.86 bits per heavy atom. The van der Waals surface area contributed by atoms with E-state index in [9.17, 15) is 4.79 Å². The molecule has 5 nitrogen and oxygen atoms in total. The second-order valence-electron chi connectivity index (χ2n) is 7.21. The first-order valence-electron chi connectivity index (χ1n) is 9.87. The summed E-state index contributed by atoms with van der Waals surface area (Å²) < 4.78 is 5.20. The first-order chi connectivity index (χ1) is 14.1. The minimum Gasteiger partial charge on any atom is -0.385 e. The first-order valence-corrected chi connectivity index (χ1v) is 10.2. The Labute approximate surface area is 175 Å². The molecule has 0 saturated carbocycles. The van der Waals surface area contributed by atoms with Gasteiger partial charge in [-0.1, -0.05) is 54.9 Å². The summed E-state index contributed by atoms with van der Waals surface area (Å²) in [6, 6.07) is 15.9. The summed E-state index contributed by atoms with van der Waals surface area (Å²) in [5.74, 6) is -0.0200. The van der Waals surface area contributed by atoms with Crippen LogP contribution in [0.15, 0.2) is 48.5 Å². The molecule has 2 heterocycles. The van der Waals surface area contributed by atoms with Crippen molar-refractivity contribution in [2.45, 2.75) is 25.8 Å². The Balaban J connectivity index is 1.79. The molecular formula is C23H24ClN3O2. The molecule has 1 aliphatic rings. The molecular weight excluding hydrogens is 386 g/mol. The number of halogens is 1. The fourth-order valence-corrected chi connectivity index (χ4v) is 4.04. The van der Waals surface area contributed by atoms with Crippen molar-refractivity contribution in [2.75, 3.05) is 20.3 Å². The van der Waals surface area contributed by atoms with Crippen LogP contribution >= 0.6 is 11.6 Å². The Kier molecular flexibility index (Phi) is 5.69. The molecule has 1 amide bonds. The van der Waals surface area contributed by atoms with E-state index in [1.165, 1.54) is 5.56 Å². The summed E-state index contributed by atoms with van der Waals surface area (Å²) in [4.78, 5) is 15.1. The van der Waals surface area contributed by atoms with Crippen LogP contribution in [0.1, 0.15) is 46.6 Å². The zero-order valence-electron chi connectivity index (χ0n) is 16.6. The van der Waals surface area contributed by atoms with Crippen LogP contribution < -0.4 is 0 Å². The zero-order chi connectivity index (χ0) is 20.4. The number of H-pyrrole nitrogens is 1. The number of amides is 1. The third-order valence-electron chi connectivity index (χ3n) is 5.43. The van der Waals surface area contributed by atoms with Crippen LogP contribution in [0.3, 0.4) is 0 Å². The van der Waals surface area contributed by atoms with E-state index in [-0.39, 0.29) is 11.9 Å². The molecule has 1 aliphatic heterocycles. The Bertz CT molecular complexity index is 996. The van der Waals surface area contributed by atoms with Gasteiger partial charge in [-0.2, -0.15) is 5.10 Å². The molecule has 0 radical (unpaired) electrons. The number of carbonyl (C=O) groups is 1. The van der Waals surface area contributed by atoms with E-state index in [0.717, 1.165) is 35.2 Å². The predicted octanol–water partition coefficient (Wildman–Crippen LogP) is 4.87. The number of ether oxygens (including phenoxy) is 1. The van der Waals surface area contributed by atoms with E-state index in [0.29, 0.717) is 23.9 Å². The van der Waals surface area contributed by atoms with Gasteiger partial charge in [0, 0.05) is 36.4 Å². The van der Waals surface area contributed by atoms with Gasteiger partial charge in [0.2, 0.25) is 0 Å². The largest absolute Gasteiger partial charge is 0.385 e. The van der Waals surface area contributed by atoms with Gasteiger partial charge < -0.3 is 9.64 Å². The molecule has 0 spiro atoms. The number of aryl methyl sites for hydroxylation is 1. The van der Waals surface area contributed by atoms with Crippen molar-refractivity contribution >= 4 is 17.5 Å². The Morgan fingerprint density at radius 3 is 2.52 bits per heavy atom. The number of rotatable bonds is 7. The lowest BCUT2D eigenvalue weighted by Gasteiger charge is -2.26. The highest BCUT2D eigenvalue weighted by molar-refractivity contribution is 6.30. The fourth-order valence-electron chi connectivity index (χ4n) is 3.92. The highest BCUT2D eigenvalue weighted by atomic mass is 35.5. The van der Waals surface area contributed by atoms with Crippen LogP contribution in [0.5, 0.6) is 0 Å². The van der Waals surface area contributed by atoms with E-state index in [1.807, 2.05) is 29.2 Å². The highest BCUT2D eigenvalue weighted by Crippen LogP contribution is 2.42. The molecule has 1 N–H and O–H groups in total. The Hall–Kier alpha value is -2.63. The molecule has 4 rings (SSSR count). The molecule has 29 heavy (non-hydrogen) atoms. The van der Waals surface area contributed by atoms with Crippen molar-refractivity contribution in [1.82, 2.24) is 15.1 Å². The molecule has 6 heteroatoms. The number of aromatic amines is 1. The van der Waals surface area contributed by atoms with Crippen molar-refractivity contribution in [3.8, 4) is 11.3 Å². The second kappa shape index (κ2) is 8.39. The SMILES string of the molecule is CCc1ccc(C2c3c(-c4ccc(Cl)cc4)n[nH]c3C(=O)N2CCCOC)cc1. The van der Waals surface area contributed by atoms with Gasteiger partial charge in [-0.25, -0.2) is 0 Å². The lowest BCUT2D eigenvalue weighted by molar-refractivity contribution is 0.0723. The summed E-state index contributed by atoms with van der Waals surface area (Å²) in [5, 5.41) is 8.15. The molecule has 0 saturated heterocycles. The molecule has 1 aromatic heterocycles. The van der Waals surface area contributed by atoms with Crippen molar-refractivity contribution in [2.24, 2.45) is 0 Å². The van der Waals surface area contributed by atoms with Crippen LogP contribution in [0.4, 0.5) is 0 Å². The minimum absolute atomic E-state index is 0.0200. The van der Waals surface area contributed by atoms with Gasteiger partial charge in [0.15, 0.2) is 0 Å². The van der Waals surface area contributed by atoms with Crippen molar-refractivity contribution in [3.05, 3.63) is 75.9 Å². The van der Waals surface area contributed by atoms with Gasteiger partial charge >= 0.3 is 0 Å². The molecule has 3 aromatic rings. The quantitative estimate of drug-likeness (QED) is 0.566. The van der Waals surface area contributed by atoms with E-state index in [1.54, 1.807) is 7.11 Å². The number of nitrogens with zero attached hydrogens (tertiary/aromatic N) is 2. The molecule has 1 unspecified atom stereocenters. The maximum atomic E-state index is 13.2. The molecule has 0 aliphatic carbocycles. The molecule has 150 valence electrons. The number of fused-ring (bicyclic) bond motifs is 1. The molecule has 0 fully saturated rings. The van der Waals surface area contributed by atoms with Crippen LogP contribution in [-0.2, 0) is 11.2 Å². The summed E-state index contributed by atoms with van der Waals surface area (Å²) >= 11 is 6.06. The number of hydrogen-bond donors (Lipinski definition) is 1. The normalized spacial score (nSPS) is 15.8. The summed E-state index contributed by atoms with van der Waals surface area (Å²) in [7, 11) is 1.68. The van der Waals surface area contributed by atoms with Crippen molar-refractivity contribution < 1.29 is 9.53 Å². The van der Waals surface area contributed by atoms with E-state index < -0.39 is 0 Å². The van der Waals surface area contributed by atoms with Gasteiger partial charge in [-0.05, 0) is 36.1 Å². The average Bonchev–Trinajstić information content (AvgIpc) is 3.28. The number of methoxy groups -OCH3 is 1. The smallest absolute Gasteiger partial charge is 0.273 e. The maximum Gasteiger partial charge on any atom is 0.273 e. The third kappa shape index (κ3) is 3.68. The lowest BCUT2D eigenvalue weighted by atomic mass is 9.95. The molecule has 1 atom stereocenters. The maximum absolute atomic E-state index is 13.2. The van der Waals surface area contributed by atoms with E-state index in [2.05, 4.69) is 41.4 Å². The van der Waals surface area contributed by atoms with Gasteiger partial charge in [-0.15, -0.1) is 0 Å². The van der Waals surface area contributed by atoms with Crippen molar-refractivity contribution in [3.63, 3.8) is 0 Å². The second-order valence-corrected chi connectivity index (χ2v) is 7.65. The summed E-state index contributed by atoms with van der Waals surface area (Å²) in [5.41, 5.74) is 5.59.